The van der Waals surface area contributed by atoms with Gasteiger partial charge in [-0.2, -0.15) is 0 Å². The van der Waals surface area contributed by atoms with Gasteiger partial charge in [-0.15, -0.1) is 0 Å². The molecule has 2 aliphatic heterocycles. The third-order valence-corrected chi connectivity index (χ3v) is 8.35. The zero-order valence-corrected chi connectivity index (χ0v) is 23.7. The van der Waals surface area contributed by atoms with E-state index in [0.717, 1.165) is 36.2 Å². The smallest absolute Gasteiger partial charge is 0.341 e. The monoisotopic (exact) mass is 592 g/mol. The van der Waals surface area contributed by atoms with Crippen LogP contribution in [0.2, 0.25) is 10.0 Å². The summed E-state index contributed by atoms with van der Waals surface area (Å²) in [6.45, 7) is 3.60. The van der Waals surface area contributed by atoms with E-state index < -0.39 is 11.4 Å². The summed E-state index contributed by atoms with van der Waals surface area (Å²) in [5.74, 6) is -0.973. The second-order valence-electron chi connectivity index (χ2n) is 10.3. The van der Waals surface area contributed by atoms with E-state index in [0.29, 0.717) is 46.8 Å². The first-order chi connectivity index (χ1) is 19.7. The molecule has 0 unspecified atom stereocenters. The molecule has 4 aromatic rings. The Hall–Kier alpha value is -4.08. The third-order valence-electron chi connectivity index (χ3n) is 7.76. The predicted octanol–water partition coefficient (Wildman–Crippen LogP) is 5.30. The average molecular weight is 593 g/mol. The number of fused-ring (bicyclic) bond motifs is 2. The van der Waals surface area contributed by atoms with Gasteiger partial charge >= 0.3 is 5.97 Å². The molecule has 41 heavy (non-hydrogen) atoms. The van der Waals surface area contributed by atoms with Gasteiger partial charge in [0, 0.05) is 50.0 Å². The summed E-state index contributed by atoms with van der Waals surface area (Å²) < 4.78 is 7.66. The Morgan fingerprint density at radius 1 is 1.10 bits per heavy atom. The molecule has 9 nitrogen and oxygen atoms in total. The molecule has 0 spiro atoms. The number of amides is 1. The topological polar surface area (TPSA) is 105 Å². The van der Waals surface area contributed by atoms with Crippen molar-refractivity contribution >= 4 is 51.7 Å². The van der Waals surface area contributed by atoms with E-state index in [1.165, 1.54) is 13.1 Å². The molecule has 0 saturated carbocycles. The number of carboxylic acids is 1. The zero-order chi connectivity index (χ0) is 28.8. The molecule has 0 aliphatic carbocycles. The molecule has 2 aromatic carbocycles. The van der Waals surface area contributed by atoms with Crippen LogP contribution < -0.4 is 15.1 Å². The van der Waals surface area contributed by atoms with Crippen molar-refractivity contribution in [2.75, 3.05) is 18.1 Å². The zero-order valence-electron chi connectivity index (χ0n) is 22.1. The Bertz CT molecular complexity index is 1770. The van der Waals surface area contributed by atoms with Crippen LogP contribution in [0.4, 0.5) is 5.69 Å². The van der Waals surface area contributed by atoms with Gasteiger partial charge in [0.15, 0.2) is 0 Å². The van der Waals surface area contributed by atoms with E-state index >= 15 is 0 Å². The van der Waals surface area contributed by atoms with Crippen LogP contribution >= 0.6 is 23.2 Å². The van der Waals surface area contributed by atoms with Crippen molar-refractivity contribution in [1.29, 1.82) is 0 Å². The highest BCUT2D eigenvalue weighted by Crippen LogP contribution is 2.36. The number of anilines is 1. The highest BCUT2D eigenvalue weighted by Gasteiger charge is 2.29. The van der Waals surface area contributed by atoms with Gasteiger partial charge in [0.1, 0.15) is 17.2 Å². The molecule has 1 amide bonds. The summed E-state index contributed by atoms with van der Waals surface area (Å²) in [4.78, 5) is 45.3. The normalized spacial score (nSPS) is 16.3. The Balaban J connectivity index is 1.43. The molecule has 1 N–H and O–H groups in total. The molecule has 4 heterocycles. The van der Waals surface area contributed by atoms with E-state index in [9.17, 15) is 19.5 Å². The fourth-order valence-corrected chi connectivity index (χ4v) is 6.10. The lowest BCUT2D eigenvalue weighted by Crippen LogP contribution is -2.34. The van der Waals surface area contributed by atoms with Crippen LogP contribution in [-0.2, 0) is 17.9 Å². The van der Waals surface area contributed by atoms with Crippen LogP contribution in [0.25, 0.3) is 16.6 Å². The Morgan fingerprint density at radius 2 is 1.90 bits per heavy atom. The number of carboxylic acid groups (broad SMARTS) is 1. The summed E-state index contributed by atoms with van der Waals surface area (Å²) in [7, 11) is 0. The number of aromatic nitrogens is 2. The van der Waals surface area contributed by atoms with Gasteiger partial charge in [-0.05, 0) is 60.4 Å². The fourth-order valence-electron chi connectivity index (χ4n) is 5.65. The van der Waals surface area contributed by atoms with Gasteiger partial charge in [0.05, 0.1) is 22.3 Å². The van der Waals surface area contributed by atoms with Crippen molar-refractivity contribution in [3.05, 3.63) is 91.8 Å². The van der Waals surface area contributed by atoms with E-state index in [4.69, 9.17) is 27.9 Å². The van der Waals surface area contributed by atoms with Crippen LogP contribution in [0.3, 0.4) is 0 Å². The molecule has 1 saturated heterocycles. The lowest BCUT2D eigenvalue weighted by molar-refractivity contribution is -0.129. The SMILES string of the molecule is CC(=O)N1Cc2ccc(-n3cc(C(=O)O)c(=O)c4cc(Cl)c(N5CCC[C@@H]5COc5ncccc5Cl)cc43)cc2C1. The van der Waals surface area contributed by atoms with Crippen molar-refractivity contribution in [3.8, 4) is 11.6 Å². The van der Waals surface area contributed by atoms with E-state index in [-0.39, 0.29) is 22.9 Å². The van der Waals surface area contributed by atoms with Crippen LogP contribution in [-0.4, -0.2) is 50.6 Å². The quantitative estimate of drug-likeness (QED) is 0.324. The van der Waals surface area contributed by atoms with Crippen molar-refractivity contribution in [2.45, 2.75) is 38.9 Å². The summed E-state index contributed by atoms with van der Waals surface area (Å²) in [6.07, 6.45) is 4.76. The Kier molecular flexibility index (Phi) is 7.09. The number of pyridine rings is 2. The lowest BCUT2D eigenvalue weighted by Gasteiger charge is -2.28. The first-order valence-corrected chi connectivity index (χ1v) is 14.0. The minimum Gasteiger partial charge on any atom is -0.477 e. The van der Waals surface area contributed by atoms with Crippen molar-refractivity contribution in [2.24, 2.45) is 0 Å². The number of aromatic carboxylic acids is 1. The minimum absolute atomic E-state index is 0.0148. The summed E-state index contributed by atoms with van der Waals surface area (Å²) in [5, 5.41) is 10.8. The minimum atomic E-state index is -1.32. The maximum absolute atomic E-state index is 13.2. The summed E-state index contributed by atoms with van der Waals surface area (Å²) in [6, 6.07) is 12.6. The fraction of sp³-hybridized carbons (Fsp3) is 0.267. The van der Waals surface area contributed by atoms with Crippen LogP contribution in [0.5, 0.6) is 5.88 Å². The molecule has 2 aromatic heterocycles. The van der Waals surface area contributed by atoms with Gasteiger partial charge < -0.3 is 24.2 Å². The van der Waals surface area contributed by atoms with Crippen molar-refractivity contribution in [1.82, 2.24) is 14.5 Å². The van der Waals surface area contributed by atoms with Crippen molar-refractivity contribution < 1.29 is 19.4 Å². The number of carbonyl (C=O) groups excluding carboxylic acids is 1. The maximum atomic E-state index is 13.2. The molecule has 0 bridgehead atoms. The molecule has 11 heteroatoms. The summed E-state index contributed by atoms with van der Waals surface area (Å²) >= 11 is 13.0. The Morgan fingerprint density at radius 3 is 2.66 bits per heavy atom. The Labute approximate surface area is 245 Å². The number of halogens is 2. The molecular formula is C30H26Cl2N4O5. The molecular weight excluding hydrogens is 567 g/mol. The van der Waals surface area contributed by atoms with Crippen LogP contribution in [0.1, 0.15) is 41.3 Å². The van der Waals surface area contributed by atoms with E-state index in [1.807, 2.05) is 24.3 Å². The van der Waals surface area contributed by atoms with Gasteiger partial charge in [-0.3, -0.25) is 9.59 Å². The number of benzene rings is 2. The molecule has 6 rings (SSSR count). The second kappa shape index (κ2) is 10.7. The lowest BCUT2D eigenvalue weighted by atomic mass is 10.1. The largest absolute Gasteiger partial charge is 0.477 e. The molecule has 2 aliphatic rings. The molecule has 1 fully saturated rings. The highest BCUT2D eigenvalue weighted by atomic mass is 35.5. The number of hydrogen-bond donors (Lipinski definition) is 1. The van der Waals surface area contributed by atoms with Gasteiger partial charge in [-0.1, -0.05) is 29.3 Å². The third kappa shape index (κ3) is 5.00. The predicted molar refractivity (Wildman–Crippen MR) is 157 cm³/mol. The van der Waals surface area contributed by atoms with Crippen molar-refractivity contribution in [3.63, 3.8) is 0 Å². The van der Waals surface area contributed by atoms with Gasteiger partial charge in [-0.25, -0.2) is 9.78 Å². The van der Waals surface area contributed by atoms with Crippen LogP contribution in [0.15, 0.2) is 59.7 Å². The summed E-state index contributed by atoms with van der Waals surface area (Å²) in [5.41, 5.74) is 2.97. The first-order valence-electron chi connectivity index (χ1n) is 13.2. The standard InChI is InChI=1S/C30H26Cl2N4O5/c1-17(37)34-13-18-6-7-20(10-19(18)14-34)36-15-23(30(39)40)28(38)22-11-25(32)27(12-26(22)36)35-9-3-4-21(35)16-41-29-24(31)5-2-8-33-29/h2,5-8,10-12,15,21H,3-4,9,13-14,16H2,1H3,(H,39,40)/t21-/m1/s1. The van der Waals surface area contributed by atoms with E-state index in [2.05, 4.69) is 9.88 Å². The maximum Gasteiger partial charge on any atom is 0.341 e. The average Bonchev–Trinajstić information content (AvgIpc) is 3.59. The molecule has 1 atom stereocenters. The number of carbonyl (C=O) groups is 2. The van der Waals surface area contributed by atoms with Gasteiger partial charge in [0.2, 0.25) is 17.2 Å². The molecule has 210 valence electrons. The number of hydrogen-bond acceptors (Lipinski definition) is 6. The van der Waals surface area contributed by atoms with Gasteiger partial charge in [0.25, 0.3) is 0 Å². The second-order valence-corrected chi connectivity index (χ2v) is 11.1. The first kappa shape index (κ1) is 27.1. The number of rotatable bonds is 6. The van der Waals surface area contributed by atoms with Crippen LogP contribution in [0, 0.1) is 0 Å². The molecule has 0 radical (unpaired) electrons. The van der Waals surface area contributed by atoms with E-state index in [1.54, 1.807) is 33.9 Å². The number of nitrogens with zero attached hydrogens (tertiary/aromatic N) is 4. The highest BCUT2D eigenvalue weighted by molar-refractivity contribution is 6.34. The number of ether oxygens (including phenoxy) is 1.